The van der Waals surface area contributed by atoms with E-state index >= 15 is 0 Å². The van der Waals surface area contributed by atoms with Gasteiger partial charge in [-0.25, -0.2) is 8.42 Å². The number of sulfone groups is 1. The Bertz CT molecular complexity index is 841. The highest BCUT2D eigenvalue weighted by atomic mass is 32.2. The second-order valence-electron chi connectivity index (χ2n) is 5.86. The molecular formula is C19H20O4S. The van der Waals surface area contributed by atoms with Crippen molar-refractivity contribution in [3.63, 3.8) is 0 Å². The average molecular weight is 344 g/mol. The van der Waals surface area contributed by atoms with Crippen molar-refractivity contribution in [2.24, 2.45) is 0 Å². The van der Waals surface area contributed by atoms with E-state index in [1.807, 2.05) is 24.3 Å². The number of allylic oxidation sites excluding steroid dienone is 1. The lowest BCUT2D eigenvalue weighted by Crippen LogP contribution is -2.24. The van der Waals surface area contributed by atoms with Crippen molar-refractivity contribution in [1.29, 1.82) is 0 Å². The van der Waals surface area contributed by atoms with Crippen molar-refractivity contribution in [2.75, 3.05) is 7.11 Å². The van der Waals surface area contributed by atoms with Gasteiger partial charge in [0, 0.05) is 5.92 Å². The summed E-state index contributed by atoms with van der Waals surface area (Å²) < 4.78 is 30.9. The molecule has 0 fully saturated rings. The molecule has 0 saturated carbocycles. The van der Waals surface area contributed by atoms with Crippen LogP contribution in [0.5, 0.6) is 5.75 Å². The van der Waals surface area contributed by atoms with Crippen LogP contribution in [0.15, 0.2) is 70.5 Å². The standard InChI is InChI=1S/C19H20O4S/c1-23-16-7-5-6-14(12-16)15-10-11-18(20)19(13-15)24(21,22)17-8-3-2-4-9-17/h2-9,12-13,15,18,20H,10-11H2,1H3/t15-,18-/m1/s1. The highest BCUT2D eigenvalue weighted by Gasteiger charge is 2.31. The highest BCUT2D eigenvalue weighted by molar-refractivity contribution is 7.95. The summed E-state index contributed by atoms with van der Waals surface area (Å²) in [6, 6.07) is 15.8. The van der Waals surface area contributed by atoms with Crippen LogP contribution in [-0.2, 0) is 9.84 Å². The zero-order chi connectivity index (χ0) is 17.2. The third-order valence-corrected chi connectivity index (χ3v) is 6.25. The van der Waals surface area contributed by atoms with Crippen molar-refractivity contribution in [1.82, 2.24) is 0 Å². The van der Waals surface area contributed by atoms with Crippen LogP contribution in [0.4, 0.5) is 0 Å². The minimum absolute atomic E-state index is 0.0583. The van der Waals surface area contributed by atoms with Crippen molar-refractivity contribution in [3.8, 4) is 5.75 Å². The van der Waals surface area contributed by atoms with E-state index in [1.54, 1.807) is 43.5 Å². The number of rotatable bonds is 4. The number of hydrogen-bond donors (Lipinski definition) is 1. The van der Waals surface area contributed by atoms with Crippen molar-refractivity contribution >= 4 is 9.84 Å². The van der Waals surface area contributed by atoms with Gasteiger partial charge in [-0.3, -0.25) is 0 Å². The first-order valence-corrected chi connectivity index (χ1v) is 9.34. The fraction of sp³-hybridized carbons (Fsp3) is 0.263. The van der Waals surface area contributed by atoms with Gasteiger partial charge in [0.2, 0.25) is 9.84 Å². The van der Waals surface area contributed by atoms with Gasteiger partial charge >= 0.3 is 0 Å². The zero-order valence-corrected chi connectivity index (χ0v) is 14.2. The number of hydrogen-bond acceptors (Lipinski definition) is 4. The van der Waals surface area contributed by atoms with Gasteiger partial charge in [0.1, 0.15) is 5.75 Å². The first kappa shape index (κ1) is 16.7. The van der Waals surface area contributed by atoms with E-state index in [0.717, 1.165) is 11.3 Å². The van der Waals surface area contributed by atoms with Crippen LogP contribution in [0.25, 0.3) is 0 Å². The molecule has 126 valence electrons. The molecule has 2 aromatic rings. The molecule has 1 aliphatic carbocycles. The lowest BCUT2D eigenvalue weighted by Gasteiger charge is -2.26. The predicted octanol–water partition coefficient (Wildman–Crippen LogP) is 3.29. The Morgan fingerprint density at radius 3 is 2.50 bits per heavy atom. The molecule has 0 bridgehead atoms. The second-order valence-corrected chi connectivity index (χ2v) is 7.81. The highest BCUT2D eigenvalue weighted by Crippen LogP contribution is 2.36. The molecule has 0 unspecified atom stereocenters. The van der Waals surface area contributed by atoms with E-state index in [-0.39, 0.29) is 15.7 Å². The van der Waals surface area contributed by atoms with Crippen LogP contribution < -0.4 is 4.74 Å². The molecule has 0 aromatic heterocycles. The molecule has 1 N–H and O–H groups in total. The normalized spacial score (nSPS) is 21.2. The van der Waals surface area contributed by atoms with Gasteiger partial charge in [-0.05, 0) is 42.7 Å². The summed E-state index contributed by atoms with van der Waals surface area (Å²) in [5.74, 6) is 0.677. The molecule has 0 aliphatic heterocycles. The topological polar surface area (TPSA) is 63.6 Å². The van der Waals surface area contributed by atoms with Gasteiger partial charge in [0.15, 0.2) is 0 Å². The summed E-state index contributed by atoms with van der Waals surface area (Å²) in [6.07, 6.45) is 1.84. The number of benzene rings is 2. The Hall–Kier alpha value is -2.11. The number of methoxy groups -OCH3 is 1. The molecule has 0 heterocycles. The number of aliphatic hydroxyl groups excluding tert-OH is 1. The van der Waals surface area contributed by atoms with Crippen LogP contribution in [0, 0.1) is 0 Å². The zero-order valence-electron chi connectivity index (χ0n) is 13.4. The third kappa shape index (κ3) is 3.23. The van der Waals surface area contributed by atoms with Crippen LogP contribution in [-0.4, -0.2) is 26.7 Å². The summed E-state index contributed by atoms with van der Waals surface area (Å²) >= 11 is 0. The van der Waals surface area contributed by atoms with Gasteiger partial charge in [-0.2, -0.15) is 0 Å². The van der Waals surface area contributed by atoms with Crippen molar-refractivity contribution in [3.05, 3.63) is 71.1 Å². The molecule has 1 aliphatic rings. The summed E-state index contributed by atoms with van der Waals surface area (Å²) in [6.45, 7) is 0. The molecule has 0 spiro atoms. The molecule has 4 nitrogen and oxygen atoms in total. The molecule has 24 heavy (non-hydrogen) atoms. The molecular weight excluding hydrogens is 324 g/mol. The minimum Gasteiger partial charge on any atom is -0.497 e. The number of aliphatic hydroxyl groups is 1. The van der Waals surface area contributed by atoms with Gasteiger partial charge in [-0.1, -0.05) is 36.4 Å². The van der Waals surface area contributed by atoms with E-state index in [0.29, 0.717) is 12.8 Å². The maximum Gasteiger partial charge on any atom is 0.205 e. The van der Waals surface area contributed by atoms with Crippen LogP contribution in [0.3, 0.4) is 0 Å². The first-order chi connectivity index (χ1) is 11.5. The maximum atomic E-state index is 12.8. The van der Waals surface area contributed by atoms with E-state index in [2.05, 4.69) is 0 Å². The summed E-state index contributed by atoms with van der Waals surface area (Å²) in [5.41, 5.74) is 0.988. The smallest absolute Gasteiger partial charge is 0.205 e. The van der Waals surface area contributed by atoms with Crippen LogP contribution >= 0.6 is 0 Å². The maximum absolute atomic E-state index is 12.8. The number of ether oxygens (including phenoxy) is 1. The Kier molecular flexibility index (Phi) is 4.73. The average Bonchev–Trinajstić information content (AvgIpc) is 2.62. The van der Waals surface area contributed by atoms with E-state index in [4.69, 9.17) is 4.74 Å². The van der Waals surface area contributed by atoms with Gasteiger partial charge in [0.25, 0.3) is 0 Å². The fourth-order valence-electron chi connectivity index (χ4n) is 3.01. The Balaban J connectivity index is 2.01. The van der Waals surface area contributed by atoms with E-state index < -0.39 is 15.9 Å². The third-order valence-electron chi connectivity index (χ3n) is 4.33. The van der Waals surface area contributed by atoms with Crippen LogP contribution in [0.1, 0.15) is 24.3 Å². The first-order valence-electron chi connectivity index (χ1n) is 7.86. The predicted molar refractivity (Wildman–Crippen MR) is 92.7 cm³/mol. The van der Waals surface area contributed by atoms with Crippen molar-refractivity contribution in [2.45, 2.75) is 29.8 Å². The monoisotopic (exact) mass is 344 g/mol. The molecule has 3 rings (SSSR count). The summed E-state index contributed by atoms with van der Waals surface area (Å²) in [4.78, 5) is 0.300. The van der Waals surface area contributed by atoms with Crippen LogP contribution in [0.2, 0.25) is 0 Å². The minimum atomic E-state index is -3.69. The van der Waals surface area contributed by atoms with E-state index in [9.17, 15) is 13.5 Å². The molecule has 0 saturated heterocycles. The van der Waals surface area contributed by atoms with Crippen molar-refractivity contribution < 1.29 is 18.3 Å². The fourth-order valence-corrected chi connectivity index (χ4v) is 4.62. The second kappa shape index (κ2) is 6.79. The largest absolute Gasteiger partial charge is 0.497 e. The van der Waals surface area contributed by atoms with Gasteiger partial charge < -0.3 is 9.84 Å². The Morgan fingerprint density at radius 1 is 1.04 bits per heavy atom. The van der Waals surface area contributed by atoms with Gasteiger partial charge in [-0.15, -0.1) is 0 Å². The Labute approximate surface area is 142 Å². The molecule has 0 amide bonds. The summed E-state index contributed by atoms with van der Waals surface area (Å²) in [7, 11) is -2.09. The summed E-state index contributed by atoms with van der Waals surface area (Å²) in [5, 5.41) is 10.3. The Morgan fingerprint density at radius 2 is 1.79 bits per heavy atom. The molecule has 5 heteroatoms. The van der Waals surface area contributed by atoms with E-state index in [1.165, 1.54) is 0 Å². The molecule has 2 aromatic carbocycles. The SMILES string of the molecule is COc1cccc([C@H]2C=C(S(=O)(=O)c3ccccc3)[C@H](O)CC2)c1. The molecule has 2 atom stereocenters. The lowest BCUT2D eigenvalue weighted by atomic mass is 9.88. The molecule has 0 radical (unpaired) electrons. The lowest BCUT2D eigenvalue weighted by molar-refractivity contribution is 0.195. The van der Waals surface area contributed by atoms with Gasteiger partial charge in [0.05, 0.1) is 23.0 Å². The quantitative estimate of drug-likeness (QED) is 0.924.